The van der Waals surface area contributed by atoms with E-state index in [4.69, 9.17) is 14.9 Å². The average Bonchev–Trinajstić information content (AvgIpc) is 2.36. The Balaban J connectivity index is 3.10. The first-order valence-electron chi connectivity index (χ1n) is 5.45. The fourth-order valence-corrected chi connectivity index (χ4v) is 1.51. The zero-order chi connectivity index (χ0) is 15.3. The van der Waals surface area contributed by atoms with Crippen LogP contribution in [0.4, 0.5) is 0 Å². The minimum Gasteiger partial charge on any atom is -0.507 e. The highest BCUT2D eigenvalue weighted by molar-refractivity contribution is 5.99. The second-order valence-electron chi connectivity index (χ2n) is 3.83. The first kappa shape index (κ1) is 15.3. The highest BCUT2D eigenvalue weighted by Gasteiger charge is 2.23. The van der Waals surface area contributed by atoms with Crippen LogP contribution in [-0.4, -0.2) is 58.3 Å². The number of aromatic hydroxyl groups is 1. The Morgan fingerprint density at radius 2 is 1.70 bits per heavy atom. The van der Waals surface area contributed by atoms with E-state index < -0.39 is 36.7 Å². The minimum absolute atomic E-state index is 0.230. The topological polar surface area (TPSA) is 124 Å². The second kappa shape index (κ2) is 6.41. The molecule has 8 heteroatoms. The molecule has 20 heavy (non-hydrogen) atoms. The third-order valence-electron chi connectivity index (χ3n) is 2.37. The molecular formula is C12H13NO7. The molecule has 0 heterocycles. The molecule has 0 saturated heterocycles. The van der Waals surface area contributed by atoms with Crippen molar-refractivity contribution in [1.29, 1.82) is 0 Å². The number of carboxylic acids is 2. The fourth-order valence-electron chi connectivity index (χ4n) is 1.51. The number of carbonyl (C=O) groups is 3. The molecule has 1 aromatic rings. The SMILES string of the molecule is COc1ccc(O)c(C(=O)N(CC(=O)O)CC(=O)O)c1. The first-order chi connectivity index (χ1) is 9.35. The maximum absolute atomic E-state index is 12.1. The minimum atomic E-state index is -1.36. The van der Waals surface area contributed by atoms with Crippen LogP contribution in [0.1, 0.15) is 10.4 Å². The van der Waals surface area contributed by atoms with Crippen LogP contribution >= 0.6 is 0 Å². The van der Waals surface area contributed by atoms with E-state index >= 15 is 0 Å². The number of carboxylic acid groups (broad SMARTS) is 2. The van der Waals surface area contributed by atoms with Crippen molar-refractivity contribution in [2.45, 2.75) is 0 Å². The van der Waals surface area contributed by atoms with Gasteiger partial charge in [0.1, 0.15) is 24.6 Å². The van der Waals surface area contributed by atoms with E-state index in [1.807, 2.05) is 0 Å². The summed E-state index contributed by atoms with van der Waals surface area (Å²) in [6.45, 7) is -1.58. The Labute approximate surface area is 113 Å². The normalized spacial score (nSPS) is 9.85. The molecule has 0 aliphatic carbocycles. The zero-order valence-corrected chi connectivity index (χ0v) is 10.6. The van der Waals surface area contributed by atoms with Gasteiger partial charge in [0.2, 0.25) is 0 Å². The molecule has 0 spiro atoms. The molecule has 1 aromatic carbocycles. The lowest BCUT2D eigenvalue weighted by Crippen LogP contribution is -2.39. The standard InChI is InChI=1S/C12H13NO7/c1-20-7-2-3-9(14)8(4-7)12(19)13(5-10(15)16)6-11(17)18/h2-4,14H,5-6H2,1H3,(H,15,16)(H,17,18). The molecular weight excluding hydrogens is 270 g/mol. The van der Waals surface area contributed by atoms with Gasteiger partial charge in [-0.05, 0) is 18.2 Å². The smallest absolute Gasteiger partial charge is 0.323 e. The van der Waals surface area contributed by atoms with Gasteiger partial charge in [0.05, 0.1) is 12.7 Å². The number of ether oxygens (including phenoxy) is 1. The monoisotopic (exact) mass is 283 g/mol. The van der Waals surface area contributed by atoms with E-state index in [1.165, 1.54) is 25.3 Å². The van der Waals surface area contributed by atoms with Gasteiger partial charge in [-0.1, -0.05) is 0 Å². The quantitative estimate of drug-likeness (QED) is 0.671. The summed E-state index contributed by atoms with van der Waals surface area (Å²) in [5.74, 6) is -3.75. The van der Waals surface area contributed by atoms with Crippen molar-refractivity contribution in [2.24, 2.45) is 0 Å². The molecule has 1 amide bonds. The summed E-state index contributed by atoms with van der Waals surface area (Å²) in [5.41, 5.74) is -0.230. The number of carbonyl (C=O) groups excluding carboxylic acids is 1. The summed E-state index contributed by atoms with van der Waals surface area (Å²) in [6.07, 6.45) is 0. The molecule has 8 nitrogen and oxygen atoms in total. The summed E-state index contributed by atoms with van der Waals surface area (Å²) < 4.78 is 4.89. The predicted octanol–water partition coefficient (Wildman–Crippen LogP) is 0.0122. The number of phenols is 1. The lowest BCUT2D eigenvalue weighted by molar-refractivity contribution is -0.140. The van der Waals surface area contributed by atoms with Gasteiger partial charge < -0.3 is 25.0 Å². The van der Waals surface area contributed by atoms with Crippen LogP contribution in [-0.2, 0) is 9.59 Å². The van der Waals surface area contributed by atoms with E-state index in [1.54, 1.807) is 0 Å². The van der Waals surface area contributed by atoms with Gasteiger partial charge in [-0.25, -0.2) is 0 Å². The molecule has 0 unspecified atom stereocenters. The van der Waals surface area contributed by atoms with E-state index in [2.05, 4.69) is 0 Å². The Hall–Kier alpha value is -2.77. The van der Waals surface area contributed by atoms with Crippen LogP contribution in [0, 0.1) is 0 Å². The van der Waals surface area contributed by atoms with Gasteiger partial charge in [0, 0.05) is 0 Å². The van der Waals surface area contributed by atoms with Crippen molar-refractivity contribution < 1.29 is 34.4 Å². The second-order valence-corrected chi connectivity index (χ2v) is 3.83. The highest BCUT2D eigenvalue weighted by atomic mass is 16.5. The van der Waals surface area contributed by atoms with E-state index in [0.717, 1.165) is 0 Å². The van der Waals surface area contributed by atoms with E-state index in [9.17, 15) is 19.5 Å². The number of rotatable bonds is 6. The molecule has 0 atom stereocenters. The molecule has 1 rings (SSSR count). The van der Waals surface area contributed by atoms with Gasteiger partial charge >= 0.3 is 11.9 Å². The van der Waals surface area contributed by atoms with Crippen LogP contribution in [0.15, 0.2) is 18.2 Å². The fraction of sp³-hybridized carbons (Fsp3) is 0.250. The Morgan fingerprint density at radius 1 is 1.15 bits per heavy atom. The number of methoxy groups -OCH3 is 1. The van der Waals surface area contributed by atoms with Gasteiger partial charge in [0.15, 0.2) is 0 Å². The summed E-state index contributed by atoms with van der Waals surface area (Å²) in [4.78, 5) is 34.0. The number of phenolic OH excluding ortho intramolecular Hbond substituents is 1. The van der Waals surface area contributed by atoms with Crippen LogP contribution < -0.4 is 4.74 Å². The number of benzene rings is 1. The van der Waals surface area contributed by atoms with Gasteiger partial charge in [-0.2, -0.15) is 0 Å². The predicted molar refractivity (Wildman–Crippen MR) is 65.8 cm³/mol. The molecule has 108 valence electrons. The third kappa shape index (κ3) is 3.87. The molecule has 0 aliphatic rings. The molecule has 0 radical (unpaired) electrons. The molecule has 0 fully saturated rings. The van der Waals surface area contributed by atoms with Gasteiger partial charge in [0.25, 0.3) is 5.91 Å². The number of hydrogen-bond donors (Lipinski definition) is 3. The molecule has 0 bridgehead atoms. The average molecular weight is 283 g/mol. The lowest BCUT2D eigenvalue weighted by atomic mass is 10.1. The maximum atomic E-state index is 12.1. The Kier molecular flexibility index (Phi) is 4.90. The van der Waals surface area contributed by atoms with Crippen LogP contribution in [0.2, 0.25) is 0 Å². The van der Waals surface area contributed by atoms with E-state index in [-0.39, 0.29) is 11.3 Å². The summed E-state index contributed by atoms with van der Waals surface area (Å²) in [6, 6.07) is 3.81. The van der Waals surface area contributed by atoms with Crippen molar-refractivity contribution in [3.8, 4) is 11.5 Å². The molecule has 0 saturated carbocycles. The summed E-state index contributed by atoms with van der Waals surface area (Å²) in [5, 5.41) is 27.0. The van der Waals surface area contributed by atoms with Crippen LogP contribution in [0.3, 0.4) is 0 Å². The van der Waals surface area contributed by atoms with Crippen molar-refractivity contribution in [1.82, 2.24) is 4.90 Å². The first-order valence-corrected chi connectivity index (χ1v) is 5.45. The number of hydrogen-bond acceptors (Lipinski definition) is 5. The molecule has 3 N–H and O–H groups in total. The number of nitrogens with zero attached hydrogens (tertiary/aromatic N) is 1. The van der Waals surface area contributed by atoms with E-state index in [0.29, 0.717) is 4.90 Å². The highest BCUT2D eigenvalue weighted by Crippen LogP contribution is 2.24. The lowest BCUT2D eigenvalue weighted by Gasteiger charge is -2.19. The number of amides is 1. The van der Waals surface area contributed by atoms with Crippen molar-refractivity contribution in [3.63, 3.8) is 0 Å². The van der Waals surface area contributed by atoms with Crippen molar-refractivity contribution >= 4 is 17.8 Å². The van der Waals surface area contributed by atoms with Gasteiger partial charge in [-0.15, -0.1) is 0 Å². The Morgan fingerprint density at radius 3 is 2.15 bits per heavy atom. The zero-order valence-electron chi connectivity index (χ0n) is 10.6. The van der Waals surface area contributed by atoms with Crippen molar-refractivity contribution in [3.05, 3.63) is 23.8 Å². The Bertz CT molecular complexity index is 525. The number of aliphatic carboxylic acids is 2. The van der Waals surface area contributed by atoms with Crippen LogP contribution in [0.5, 0.6) is 11.5 Å². The summed E-state index contributed by atoms with van der Waals surface area (Å²) >= 11 is 0. The van der Waals surface area contributed by atoms with Crippen LogP contribution in [0.25, 0.3) is 0 Å². The molecule has 0 aliphatic heterocycles. The summed E-state index contributed by atoms with van der Waals surface area (Å²) in [7, 11) is 1.35. The maximum Gasteiger partial charge on any atom is 0.323 e. The van der Waals surface area contributed by atoms with Crippen molar-refractivity contribution in [2.75, 3.05) is 20.2 Å². The largest absolute Gasteiger partial charge is 0.507 e. The van der Waals surface area contributed by atoms with Gasteiger partial charge in [-0.3, -0.25) is 14.4 Å². The third-order valence-corrected chi connectivity index (χ3v) is 2.37. The molecule has 0 aromatic heterocycles.